The van der Waals surface area contributed by atoms with Crippen LogP contribution >= 0.6 is 15.9 Å². The highest BCUT2D eigenvalue weighted by Gasteiger charge is 2.28. The van der Waals surface area contributed by atoms with Crippen molar-refractivity contribution in [3.05, 3.63) is 28.7 Å². The minimum Gasteiger partial charge on any atom is -0.489 e. The van der Waals surface area contributed by atoms with Gasteiger partial charge in [0, 0.05) is 4.47 Å². The molecule has 15 heavy (non-hydrogen) atoms. The molecule has 0 saturated heterocycles. The summed E-state index contributed by atoms with van der Waals surface area (Å²) in [6.45, 7) is 0. The Hall–Kier alpha value is -1.01. The zero-order chi connectivity index (χ0) is 10.7. The Kier molecular flexibility index (Phi) is 3.27. The Morgan fingerprint density at radius 3 is 3.00 bits per heavy atom. The van der Waals surface area contributed by atoms with Crippen LogP contribution in [0.3, 0.4) is 0 Å². The minimum atomic E-state index is 0.0592. The smallest absolute Gasteiger partial charge is 0.120 e. The van der Waals surface area contributed by atoms with Gasteiger partial charge in [-0.3, -0.25) is 0 Å². The van der Waals surface area contributed by atoms with Crippen LogP contribution in [-0.2, 0) is 0 Å². The fourth-order valence-corrected chi connectivity index (χ4v) is 2.31. The van der Waals surface area contributed by atoms with Crippen molar-refractivity contribution >= 4 is 15.9 Å². The van der Waals surface area contributed by atoms with E-state index in [-0.39, 0.29) is 12.0 Å². The van der Waals surface area contributed by atoms with Crippen molar-refractivity contribution in [1.82, 2.24) is 0 Å². The summed E-state index contributed by atoms with van der Waals surface area (Å²) in [5, 5.41) is 8.93. The van der Waals surface area contributed by atoms with Gasteiger partial charge < -0.3 is 4.74 Å². The van der Waals surface area contributed by atoms with Crippen LogP contribution in [0.25, 0.3) is 0 Å². The molecule has 1 aliphatic carbocycles. The monoisotopic (exact) mass is 265 g/mol. The van der Waals surface area contributed by atoms with E-state index in [0.29, 0.717) is 0 Å². The molecule has 0 spiro atoms. The molecule has 2 unspecified atom stereocenters. The van der Waals surface area contributed by atoms with Crippen LogP contribution in [-0.4, -0.2) is 6.10 Å². The Balaban J connectivity index is 2.06. The number of rotatable bonds is 2. The molecular weight excluding hydrogens is 254 g/mol. The van der Waals surface area contributed by atoms with E-state index in [1.54, 1.807) is 0 Å². The van der Waals surface area contributed by atoms with E-state index in [4.69, 9.17) is 10.00 Å². The van der Waals surface area contributed by atoms with Crippen molar-refractivity contribution in [2.24, 2.45) is 5.92 Å². The first kappa shape index (κ1) is 10.5. The lowest BCUT2D eigenvalue weighted by molar-refractivity contribution is 0.182. The first-order valence-electron chi connectivity index (χ1n) is 5.11. The van der Waals surface area contributed by atoms with Crippen LogP contribution < -0.4 is 4.74 Å². The first-order valence-corrected chi connectivity index (χ1v) is 5.91. The van der Waals surface area contributed by atoms with Crippen LogP contribution in [0.15, 0.2) is 28.7 Å². The molecule has 0 radical (unpaired) electrons. The Morgan fingerprint density at radius 1 is 1.40 bits per heavy atom. The fraction of sp³-hybridized carbons (Fsp3) is 0.417. The summed E-state index contributed by atoms with van der Waals surface area (Å²) in [6.07, 6.45) is 3.13. The minimum absolute atomic E-state index is 0.0592. The van der Waals surface area contributed by atoms with Gasteiger partial charge in [-0.2, -0.15) is 5.26 Å². The highest BCUT2D eigenvalue weighted by atomic mass is 79.9. The summed E-state index contributed by atoms with van der Waals surface area (Å²) in [5.74, 6) is 0.903. The SMILES string of the molecule is N#CC1CCCC1Oc1cccc(Br)c1. The van der Waals surface area contributed by atoms with E-state index < -0.39 is 0 Å². The molecule has 0 aliphatic heterocycles. The Labute approximate surface area is 98.0 Å². The second-order valence-corrected chi connectivity index (χ2v) is 4.70. The second kappa shape index (κ2) is 4.67. The van der Waals surface area contributed by atoms with Crippen molar-refractivity contribution < 1.29 is 4.74 Å². The van der Waals surface area contributed by atoms with Crippen LogP contribution in [0.5, 0.6) is 5.75 Å². The quantitative estimate of drug-likeness (QED) is 0.820. The lowest BCUT2D eigenvalue weighted by Crippen LogP contribution is -2.19. The molecule has 1 aromatic carbocycles. The van der Waals surface area contributed by atoms with Gasteiger partial charge in [0.1, 0.15) is 11.9 Å². The van der Waals surface area contributed by atoms with E-state index in [1.165, 1.54) is 0 Å². The first-order chi connectivity index (χ1) is 7.29. The average molecular weight is 266 g/mol. The highest BCUT2D eigenvalue weighted by molar-refractivity contribution is 9.10. The molecule has 2 nitrogen and oxygen atoms in total. The molecule has 0 heterocycles. The maximum atomic E-state index is 8.93. The summed E-state index contributed by atoms with van der Waals surface area (Å²) >= 11 is 3.40. The summed E-state index contributed by atoms with van der Waals surface area (Å²) in [5.41, 5.74) is 0. The number of halogens is 1. The summed E-state index contributed by atoms with van der Waals surface area (Å²) in [4.78, 5) is 0. The molecule has 3 heteroatoms. The van der Waals surface area contributed by atoms with Gasteiger partial charge in [0.2, 0.25) is 0 Å². The number of nitrogens with zero attached hydrogens (tertiary/aromatic N) is 1. The average Bonchev–Trinajstić information content (AvgIpc) is 2.65. The molecule has 0 N–H and O–H groups in total. The highest BCUT2D eigenvalue weighted by Crippen LogP contribution is 2.30. The molecular formula is C12H12BrNO. The van der Waals surface area contributed by atoms with E-state index in [2.05, 4.69) is 22.0 Å². The normalized spacial score (nSPS) is 24.8. The lowest BCUT2D eigenvalue weighted by Gasteiger charge is -2.16. The topological polar surface area (TPSA) is 33.0 Å². The van der Waals surface area contributed by atoms with Crippen LogP contribution in [0, 0.1) is 17.2 Å². The molecule has 1 aromatic rings. The van der Waals surface area contributed by atoms with Gasteiger partial charge in [0.05, 0.1) is 12.0 Å². The van der Waals surface area contributed by atoms with Gasteiger partial charge in [-0.1, -0.05) is 22.0 Å². The van der Waals surface area contributed by atoms with Crippen LogP contribution in [0.2, 0.25) is 0 Å². The van der Waals surface area contributed by atoms with E-state index in [9.17, 15) is 0 Å². The van der Waals surface area contributed by atoms with Gasteiger partial charge in [-0.25, -0.2) is 0 Å². The zero-order valence-corrected chi connectivity index (χ0v) is 9.90. The van der Waals surface area contributed by atoms with Crippen molar-refractivity contribution in [3.63, 3.8) is 0 Å². The van der Waals surface area contributed by atoms with Crippen molar-refractivity contribution in [2.75, 3.05) is 0 Å². The molecule has 2 rings (SSSR count). The van der Waals surface area contributed by atoms with Gasteiger partial charge >= 0.3 is 0 Å². The van der Waals surface area contributed by atoms with E-state index in [0.717, 1.165) is 29.5 Å². The van der Waals surface area contributed by atoms with Gasteiger partial charge in [0.25, 0.3) is 0 Å². The Morgan fingerprint density at radius 2 is 2.27 bits per heavy atom. The molecule has 1 aliphatic rings. The molecule has 0 amide bonds. The summed E-state index contributed by atoms with van der Waals surface area (Å²) in [7, 11) is 0. The molecule has 78 valence electrons. The molecule has 2 atom stereocenters. The maximum absolute atomic E-state index is 8.93. The third-order valence-electron chi connectivity index (χ3n) is 2.70. The number of hydrogen-bond donors (Lipinski definition) is 0. The predicted octanol–water partition coefficient (Wildman–Crippen LogP) is 3.52. The maximum Gasteiger partial charge on any atom is 0.120 e. The summed E-state index contributed by atoms with van der Waals surface area (Å²) in [6, 6.07) is 10.1. The van der Waals surface area contributed by atoms with Crippen molar-refractivity contribution in [2.45, 2.75) is 25.4 Å². The zero-order valence-electron chi connectivity index (χ0n) is 8.32. The van der Waals surface area contributed by atoms with Gasteiger partial charge in [0.15, 0.2) is 0 Å². The van der Waals surface area contributed by atoms with Gasteiger partial charge in [-0.05, 0) is 37.5 Å². The molecule has 1 fully saturated rings. The lowest BCUT2D eigenvalue weighted by atomic mass is 10.1. The number of benzene rings is 1. The van der Waals surface area contributed by atoms with Crippen LogP contribution in [0.1, 0.15) is 19.3 Å². The molecule has 0 aromatic heterocycles. The largest absolute Gasteiger partial charge is 0.489 e. The standard InChI is InChI=1S/C12H12BrNO/c13-10-4-2-5-11(7-10)15-12-6-1-3-9(12)8-14/h2,4-5,7,9,12H,1,3,6H2. The fourth-order valence-electron chi connectivity index (χ4n) is 1.93. The number of hydrogen-bond acceptors (Lipinski definition) is 2. The third kappa shape index (κ3) is 2.51. The molecule has 1 saturated carbocycles. The predicted molar refractivity (Wildman–Crippen MR) is 61.5 cm³/mol. The third-order valence-corrected chi connectivity index (χ3v) is 3.20. The van der Waals surface area contributed by atoms with Crippen molar-refractivity contribution in [3.8, 4) is 11.8 Å². The van der Waals surface area contributed by atoms with E-state index >= 15 is 0 Å². The number of ether oxygens (including phenoxy) is 1. The van der Waals surface area contributed by atoms with Gasteiger partial charge in [-0.15, -0.1) is 0 Å². The van der Waals surface area contributed by atoms with Crippen LogP contribution in [0.4, 0.5) is 0 Å². The second-order valence-electron chi connectivity index (χ2n) is 3.78. The summed E-state index contributed by atoms with van der Waals surface area (Å²) < 4.78 is 6.81. The Bertz CT molecular complexity index is 385. The van der Waals surface area contributed by atoms with Crippen molar-refractivity contribution in [1.29, 1.82) is 5.26 Å². The number of nitriles is 1. The van der Waals surface area contributed by atoms with E-state index in [1.807, 2.05) is 24.3 Å². The molecule has 0 bridgehead atoms.